The zero-order valence-electron chi connectivity index (χ0n) is 11.3. The topological polar surface area (TPSA) is 50.1 Å². The van der Waals surface area contributed by atoms with Gasteiger partial charge in [0.25, 0.3) is 0 Å². The number of hydrogen-bond acceptors (Lipinski definition) is 4. The Balaban J connectivity index is 2.30. The van der Waals surface area contributed by atoms with Crippen molar-refractivity contribution in [3.8, 4) is 16.5 Å². The van der Waals surface area contributed by atoms with Crippen molar-refractivity contribution in [2.75, 3.05) is 6.61 Å². The van der Waals surface area contributed by atoms with Gasteiger partial charge in [0.15, 0.2) is 0 Å². The standard InChI is InChI=1S/C16H12FNO2S/c1-2-20-16(19)11(10-18)9-12-7-8-15(21-12)13-5-3-4-6-14(13)17/h3-9H,2H2,1H3/b11-9+. The fraction of sp³-hybridized carbons (Fsp3) is 0.125. The highest BCUT2D eigenvalue weighted by Crippen LogP contribution is 2.31. The Morgan fingerprint density at radius 3 is 2.81 bits per heavy atom. The zero-order chi connectivity index (χ0) is 15.2. The number of halogens is 1. The Morgan fingerprint density at radius 1 is 1.38 bits per heavy atom. The monoisotopic (exact) mass is 301 g/mol. The molecule has 0 N–H and O–H groups in total. The highest BCUT2D eigenvalue weighted by Gasteiger charge is 2.11. The summed E-state index contributed by atoms with van der Waals surface area (Å²) in [6.45, 7) is 1.89. The summed E-state index contributed by atoms with van der Waals surface area (Å²) in [5.74, 6) is -0.957. The molecule has 0 aliphatic rings. The number of hydrogen-bond donors (Lipinski definition) is 0. The fourth-order valence-electron chi connectivity index (χ4n) is 1.72. The van der Waals surface area contributed by atoms with Gasteiger partial charge in [-0.2, -0.15) is 5.26 Å². The summed E-state index contributed by atoms with van der Waals surface area (Å²) in [7, 11) is 0. The zero-order valence-corrected chi connectivity index (χ0v) is 12.1. The Hall–Kier alpha value is -2.45. The highest BCUT2D eigenvalue weighted by molar-refractivity contribution is 7.16. The van der Waals surface area contributed by atoms with Gasteiger partial charge < -0.3 is 4.74 Å². The molecule has 0 aliphatic heterocycles. The summed E-state index contributed by atoms with van der Waals surface area (Å²) in [6.07, 6.45) is 1.45. The average molecular weight is 301 g/mol. The Labute approximate surface area is 125 Å². The van der Waals surface area contributed by atoms with E-state index in [1.807, 2.05) is 6.07 Å². The van der Waals surface area contributed by atoms with Crippen LogP contribution in [0.5, 0.6) is 0 Å². The van der Waals surface area contributed by atoms with Gasteiger partial charge in [0, 0.05) is 15.3 Å². The summed E-state index contributed by atoms with van der Waals surface area (Å²) < 4.78 is 18.5. The maximum Gasteiger partial charge on any atom is 0.348 e. The molecular formula is C16H12FNO2S. The lowest BCUT2D eigenvalue weighted by molar-refractivity contribution is -0.137. The number of benzene rings is 1. The lowest BCUT2D eigenvalue weighted by Gasteiger charge is -1.99. The van der Waals surface area contributed by atoms with Crippen LogP contribution < -0.4 is 0 Å². The van der Waals surface area contributed by atoms with Crippen LogP contribution in [0.4, 0.5) is 4.39 Å². The largest absolute Gasteiger partial charge is 0.462 e. The van der Waals surface area contributed by atoms with Gasteiger partial charge in [0.05, 0.1) is 6.61 Å². The Morgan fingerprint density at radius 2 is 2.14 bits per heavy atom. The van der Waals surface area contributed by atoms with Gasteiger partial charge in [-0.25, -0.2) is 9.18 Å². The molecule has 1 aromatic heterocycles. The van der Waals surface area contributed by atoms with Gasteiger partial charge in [-0.3, -0.25) is 0 Å². The minimum Gasteiger partial charge on any atom is -0.462 e. The molecule has 5 heteroatoms. The molecule has 106 valence electrons. The maximum atomic E-state index is 13.7. The van der Waals surface area contributed by atoms with Crippen LogP contribution in [0, 0.1) is 17.1 Å². The second-order valence-corrected chi connectivity index (χ2v) is 5.19. The molecule has 0 bridgehead atoms. The van der Waals surface area contributed by atoms with Crippen molar-refractivity contribution in [1.29, 1.82) is 5.26 Å². The molecule has 0 saturated heterocycles. The van der Waals surface area contributed by atoms with E-state index in [0.29, 0.717) is 10.4 Å². The first kappa shape index (κ1) is 14.9. The molecule has 0 amide bonds. The number of nitrogens with zero attached hydrogens (tertiary/aromatic N) is 1. The van der Waals surface area contributed by atoms with Gasteiger partial charge in [-0.15, -0.1) is 11.3 Å². The van der Waals surface area contributed by atoms with E-state index in [0.717, 1.165) is 4.88 Å². The quantitative estimate of drug-likeness (QED) is 0.487. The first-order chi connectivity index (χ1) is 10.2. The second kappa shape index (κ2) is 6.82. The molecule has 0 radical (unpaired) electrons. The number of rotatable bonds is 4. The molecule has 0 spiro atoms. The normalized spacial score (nSPS) is 11.0. The van der Waals surface area contributed by atoms with Crippen molar-refractivity contribution < 1.29 is 13.9 Å². The Kier molecular flexibility index (Phi) is 4.85. The summed E-state index contributed by atoms with van der Waals surface area (Å²) >= 11 is 1.30. The molecule has 1 heterocycles. The summed E-state index contributed by atoms with van der Waals surface area (Å²) in [6, 6.07) is 11.8. The van der Waals surface area contributed by atoms with E-state index in [9.17, 15) is 9.18 Å². The lowest BCUT2D eigenvalue weighted by Crippen LogP contribution is -2.05. The van der Waals surface area contributed by atoms with E-state index in [2.05, 4.69) is 0 Å². The van der Waals surface area contributed by atoms with Gasteiger partial charge in [0.1, 0.15) is 17.5 Å². The SMILES string of the molecule is CCOC(=O)/C(C#N)=C/c1ccc(-c2ccccc2F)s1. The van der Waals surface area contributed by atoms with Gasteiger partial charge >= 0.3 is 5.97 Å². The molecule has 2 aromatic rings. The summed E-state index contributed by atoms with van der Waals surface area (Å²) in [4.78, 5) is 13.0. The van der Waals surface area contributed by atoms with Gasteiger partial charge in [-0.05, 0) is 31.2 Å². The third-order valence-electron chi connectivity index (χ3n) is 2.67. The number of thiophene rings is 1. The van der Waals surface area contributed by atoms with E-state index in [1.54, 1.807) is 37.3 Å². The van der Waals surface area contributed by atoms with Crippen LogP contribution >= 0.6 is 11.3 Å². The summed E-state index contributed by atoms with van der Waals surface area (Å²) in [5.41, 5.74) is 0.426. The van der Waals surface area contributed by atoms with Gasteiger partial charge in [-0.1, -0.05) is 18.2 Å². The van der Waals surface area contributed by atoms with Crippen LogP contribution in [0.1, 0.15) is 11.8 Å². The lowest BCUT2D eigenvalue weighted by atomic mass is 10.2. The van der Waals surface area contributed by atoms with E-state index in [4.69, 9.17) is 10.00 Å². The fourth-order valence-corrected chi connectivity index (χ4v) is 2.70. The van der Waals surface area contributed by atoms with Crippen LogP contribution in [0.25, 0.3) is 16.5 Å². The number of carbonyl (C=O) groups is 1. The maximum absolute atomic E-state index is 13.7. The molecule has 0 aliphatic carbocycles. The number of esters is 1. The second-order valence-electron chi connectivity index (χ2n) is 4.07. The van der Waals surface area contributed by atoms with E-state index in [-0.39, 0.29) is 18.0 Å². The Bertz CT molecular complexity index is 728. The van der Waals surface area contributed by atoms with Crippen LogP contribution in [-0.4, -0.2) is 12.6 Å². The van der Waals surface area contributed by atoms with Gasteiger partial charge in [0.2, 0.25) is 0 Å². The van der Waals surface area contributed by atoms with E-state index < -0.39 is 5.97 Å². The minimum absolute atomic E-state index is 0.0706. The first-order valence-corrected chi connectivity index (χ1v) is 7.11. The molecule has 3 nitrogen and oxygen atoms in total. The van der Waals surface area contributed by atoms with Crippen LogP contribution in [0.2, 0.25) is 0 Å². The molecule has 0 unspecified atom stereocenters. The third-order valence-corrected chi connectivity index (χ3v) is 3.73. The van der Waals surface area contributed by atoms with E-state index in [1.165, 1.54) is 23.5 Å². The molecule has 0 saturated carbocycles. The number of carbonyl (C=O) groups excluding carboxylic acids is 1. The average Bonchev–Trinajstić information content (AvgIpc) is 2.93. The van der Waals surface area contributed by atoms with Crippen molar-refractivity contribution in [3.05, 3.63) is 52.7 Å². The van der Waals surface area contributed by atoms with Crippen molar-refractivity contribution in [3.63, 3.8) is 0 Å². The minimum atomic E-state index is -0.652. The van der Waals surface area contributed by atoms with Crippen molar-refractivity contribution in [2.45, 2.75) is 6.92 Å². The molecule has 0 fully saturated rings. The molecular weight excluding hydrogens is 289 g/mol. The van der Waals surface area contributed by atoms with Crippen molar-refractivity contribution in [2.24, 2.45) is 0 Å². The molecule has 1 aromatic carbocycles. The predicted molar refractivity (Wildman–Crippen MR) is 79.9 cm³/mol. The first-order valence-electron chi connectivity index (χ1n) is 6.29. The van der Waals surface area contributed by atoms with Crippen LogP contribution in [0.3, 0.4) is 0 Å². The molecule has 0 atom stereocenters. The highest BCUT2D eigenvalue weighted by atomic mass is 32.1. The molecule has 2 rings (SSSR count). The van der Waals surface area contributed by atoms with Crippen molar-refractivity contribution >= 4 is 23.4 Å². The van der Waals surface area contributed by atoms with Crippen LogP contribution in [0.15, 0.2) is 42.0 Å². The third kappa shape index (κ3) is 3.56. The number of nitriles is 1. The number of ether oxygens (including phenoxy) is 1. The smallest absolute Gasteiger partial charge is 0.348 e. The predicted octanol–water partition coefficient (Wildman–Crippen LogP) is 4.02. The van der Waals surface area contributed by atoms with Crippen molar-refractivity contribution in [1.82, 2.24) is 0 Å². The van der Waals surface area contributed by atoms with E-state index >= 15 is 0 Å². The summed E-state index contributed by atoms with van der Waals surface area (Å²) in [5, 5.41) is 8.98. The molecule has 21 heavy (non-hydrogen) atoms. The van der Waals surface area contributed by atoms with Crippen LogP contribution in [-0.2, 0) is 9.53 Å².